The van der Waals surface area contributed by atoms with E-state index < -0.39 is 5.53 Å². The van der Waals surface area contributed by atoms with Crippen molar-refractivity contribution in [2.45, 2.75) is 20.8 Å². The molecule has 31 heavy (non-hydrogen) atoms. The maximum Gasteiger partial charge on any atom is 0.0901 e. The predicted octanol–water partition coefficient (Wildman–Crippen LogP) is 9.47. The van der Waals surface area contributed by atoms with E-state index in [9.17, 15) is 0 Å². The van der Waals surface area contributed by atoms with Crippen molar-refractivity contribution < 1.29 is 0 Å². The fourth-order valence-corrected chi connectivity index (χ4v) is 16.2. The van der Waals surface area contributed by atoms with Gasteiger partial charge in [0.15, 0.2) is 0 Å². The van der Waals surface area contributed by atoms with E-state index in [-0.39, 0.29) is 0 Å². The molecule has 3 rings (SSSR count). The molecule has 0 fully saturated rings. The summed E-state index contributed by atoms with van der Waals surface area (Å²) in [4.78, 5) is 0. The van der Waals surface area contributed by atoms with Crippen LogP contribution in [0.4, 0.5) is 0 Å². The van der Waals surface area contributed by atoms with Crippen molar-refractivity contribution in [3.63, 3.8) is 0 Å². The highest BCUT2D eigenvalue weighted by molar-refractivity contribution is 9.19. The molecule has 0 nitrogen and oxygen atoms in total. The monoisotopic (exact) mass is 532 g/mol. The zero-order chi connectivity index (χ0) is 22.4. The van der Waals surface area contributed by atoms with Crippen LogP contribution in [0.1, 0.15) is 33.4 Å². The molecule has 0 spiro atoms. The molecular weight excluding hydrogens is 512 g/mol. The summed E-state index contributed by atoms with van der Waals surface area (Å²) in [5.41, 5.74) is 6.14. The van der Waals surface area contributed by atoms with E-state index >= 15 is 0 Å². The molecule has 0 radical (unpaired) electrons. The van der Waals surface area contributed by atoms with Crippen molar-refractivity contribution >= 4 is 88.9 Å². The third kappa shape index (κ3) is 7.75. The van der Waals surface area contributed by atoms with Crippen molar-refractivity contribution in [3.8, 4) is 0 Å². The number of benzene rings is 3. The van der Waals surface area contributed by atoms with Crippen molar-refractivity contribution in [2.75, 3.05) is 0 Å². The second-order valence-corrected chi connectivity index (χ2v) is 18.2. The standard InChI is InChI=1S/C24H21PS6/c1-16-4-10-19(11-5-16)22(26)29-25(30-23(27)20-12-6-17(2)7-13-20)31-24(28)21-14-8-18(3)9-15-21/h4-15H,1-3H3. The minimum absolute atomic E-state index is 0.746. The van der Waals surface area contributed by atoms with E-state index in [0.717, 1.165) is 29.3 Å². The molecule has 3 aromatic carbocycles. The average Bonchev–Trinajstić information content (AvgIpc) is 2.75. The molecule has 158 valence electrons. The summed E-state index contributed by atoms with van der Waals surface area (Å²) in [5, 5.41) is 0. The summed E-state index contributed by atoms with van der Waals surface area (Å²) in [5.74, 6) is 0. The summed E-state index contributed by atoms with van der Waals surface area (Å²) < 4.78 is 2.64. The summed E-state index contributed by atoms with van der Waals surface area (Å²) in [7, 11) is 0. The largest absolute Gasteiger partial charge is 0.0901 e. The van der Waals surface area contributed by atoms with Gasteiger partial charge in [0.25, 0.3) is 0 Å². The molecule has 0 atom stereocenters. The number of hydrogen-bond acceptors (Lipinski definition) is 6. The Hall–Kier alpha value is -0.590. The van der Waals surface area contributed by atoms with Crippen LogP contribution in [0.3, 0.4) is 0 Å². The minimum Gasteiger partial charge on any atom is -0.0715 e. The van der Waals surface area contributed by atoms with Crippen LogP contribution in [0.2, 0.25) is 0 Å². The van der Waals surface area contributed by atoms with E-state index in [1.54, 1.807) is 34.1 Å². The molecule has 0 N–H and O–H groups in total. The minimum atomic E-state index is -0.746. The lowest BCUT2D eigenvalue weighted by Crippen LogP contribution is -1.94. The van der Waals surface area contributed by atoms with Crippen LogP contribution in [0.25, 0.3) is 0 Å². The SMILES string of the molecule is Cc1ccc(C(=S)SP(SC(=S)c2ccc(C)cc2)SC(=S)c2ccc(C)cc2)cc1. The van der Waals surface area contributed by atoms with Gasteiger partial charge >= 0.3 is 0 Å². The first-order valence-corrected chi connectivity index (χ1v) is 16.3. The zero-order valence-corrected chi connectivity index (χ0v) is 23.1. The lowest BCUT2D eigenvalue weighted by atomic mass is 10.2. The first-order chi connectivity index (χ1) is 14.8. The maximum atomic E-state index is 5.78. The fraction of sp³-hybridized carbons (Fsp3) is 0.125. The van der Waals surface area contributed by atoms with Gasteiger partial charge in [-0.2, -0.15) is 0 Å². The van der Waals surface area contributed by atoms with Crippen LogP contribution in [0.5, 0.6) is 0 Å². The van der Waals surface area contributed by atoms with E-state index in [1.165, 1.54) is 16.7 Å². The molecule has 0 unspecified atom stereocenters. The van der Waals surface area contributed by atoms with E-state index in [4.69, 9.17) is 36.7 Å². The first-order valence-electron chi connectivity index (χ1n) is 9.49. The van der Waals surface area contributed by atoms with Crippen LogP contribution in [-0.2, 0) is 0 Å². The van der Waals surface area contributed by atoms with Gasteiger partial charge in [-0.25, -0.2) is 0 Å². The van der Waals surface area contributed by atoms with Crippen LogP contribution in [-0.4, -0.2) is 12.6 Å². The van der Waals surface area contributed by atoms with Gasteiger partial charge in [0, 0.05) is 0 Å². The van der Waals surface area contributed by atoms with Gasteiger partial charge in [-0.3, -0.25) is 0 Å². The summed E-state index contributed by atoms with van der Waals surface area (Å²) in [6, 6.07) is 25.1. The van der Waals surface area contributed by atoms with Gasteiger partial charge < -0.3 is 0 Å². The highest BCUT2D eigenvalue weighted by Gasteiger charge is 2.21. The molecule has 0 saturated heterocycles. The second-order valence-electron chi connectivity index (χ2n) is 6.96. The van der Waals surface area contributed by atoms with E-state index in [2.05, 4.69) is 93.6 Å². The molecule has 0 heterocycles. The fourth-order valence-electron chi connectivity index (χ4n) is 2.49. The number of thiocarbonyl (C=S) groups is 3. The Labute approximate surface area is 214 Å². The van der Waals surface area contributed by atoms with Crippen LogP contribution < -0.4 is 0 Å². The summed E-state index contributed by atoms with van der Waals surface area (Å²) in [6.07, 6.45) is 0. The lowest BCUT2D eigenvalue weighted by molar-refractivity contribution is 1.47. The highest BCUT2D eigenvalue weighted by Crippen LogP contribution is 2.72. The molecule has 0 saturated carbocycles. The van der Waals surface area contributed by atoms with Gasteiger partial charge in [0.05, 0.1) is 18.1 Å². The number of rotatable bonds is 6. The topological polar surface area (TPSA) is 0 Å². The Morgan fingerprint density at radius 1 is 0.484 bits per heavy atom. The molecule has 7 heteroatoms. The predicted molar refractivity (Wildman–Crippen MR) is 158 cm³/mol. The number of aryl methyl sites for hydroxylation is 3. The zero-order valence-electron chi connectivity index (χ0n) is 17.3. The van der Waals surface area contributed by atoms with Crippen molar-refractivity contribution in [1.82, 2.24) is 0 Å². The van der Waals surface area contributed by atoms with Crippen molar-refractivity contribution in [2.24, 2.45) is 0 Å². The smallest absolute Gasteiger partial charge is 0.0715 e. The van der Waals surface area contributed by atoms with E-state index in [0.29, 0.717) is 0 Å². The summed E-state index contributed by atoms with van der Waals surface area (Å²) >= 11 is 22.4. The first kappa shape index (κ1) is 25.0. The summed E-state index contributed by atoms with van der Waals surface area (Å²) in [6.45, 7) is 6.25. The van der Waals surface area contributed by atoms with Gasteiger partial charge in [0.1, 0.15) is 0 Å². The van der Waals surface area contributed by atoms with Crippen LogP contribution in [0.15, 0.2) is 72.8 Å². The Morgan fingerprint density at radius 2 is 0.710 bits per heavy atom. The van der Waals surface area contributed by atoms with Gasteiger partial charge in [-0.1, -0.05) is 160 Å². The van der Waals surface area contributed by atoms with Gasteiger partial charge in [-0.05, 0) is 37.5 Å². The average molecular weight is 533 g/mol. The Kier molecular flexibility index (Phi) is 9.72. The molecular formula is C24H21PS6. The maximum absolute atomic E-state index is 5.78. The quantitative estimate of drug-likeness (QED) is 0.227. The molecule has 0 amide bonds. The van der Waals surface area contributed by atoms with Crippen LogP contribution in [0, 0.1) is 20.8 Å². The van der Waals surface area contributed by atoms with Crippen LogP contribution >= 0.6 is 76.3 Å². The Bertz CT molecular complexity index is 931. The molecule has 0 aromatic heterocycles. The normalized spacial score (nSPS) is 10.8. The molecule has 0 aliphatic heterocycles. The van der Waals surface area contributed by atoms with Gasteiger partial charge in [-0.15, -0.1) is 0 Å². The van der Waals surface area contributed by atoms with Gasteiger partial charge in [0.2, 0.25) is 0 Å². The van der Waals surface area contributed by atoms with Crippen molar-refractivity contribution in [1.29, 1.82) is 0 Å². The molecule has 0 bridgehead atoms. The lowest BCUT2D eigenvalue weighted by Gasteiger charge is -2.17. The molecule has 3 aromatic rings. The highest BCUT2D eigenvalue weighted by atomic mass is 33.4. The molecule has 0 aliphatic carbocycles. The van der Waals surface area contributed by atoms with Crippen molar-refractivity contribution in [3.05, 3.63) is 106 Å². The number of hydrogen-bond donors (Lipinski definition) is 0. The third-order valence-corrected chi connectivity index (χ3v) is 15.6. The third-order valence-electron chi connectivity index (χ3n) is 4.33. The Balaban J connectivity index is 1.78. The Morgan fingerprint density at radius 3 is 0.935 bits per heavy atom. The van der Waals surface area contributed by atoms with E-state index in [1.807, 2.05) is 0 Å². The molecule has 0 aliphatic rings. The second kappa shape index (κ2) is 12.0.